The van der Waals surface area contributed by atoms with Crippen LogP contribution in [0.15, 0.2) is 36.5 Å². The molecule has 0 spiro atoms. The summed E-state index contributed by atoms with van der Waals surface area (Å²) in [6.07, 6.45) is -0.150. The number of hydrogen-bond acceptors (Lipinski definition) is 1. The Morgan fingerprint density at radius 2 is 1.89 bits per heavy atom. The third-order valence-corrected chi connectivity index (χ3v) is 2.49. The molecule has 2 aromatic rings. The van der Waals surface area contributed by atoms with Crippen LogP contribution in [-0.2, 0) is 6.37 Å². The van der Waals surface area contributed by atoms with Crippen LogP contribution in [0.25, 0.3) is 11.3 Å². The van der Waals surface area contributed by atoms with Crippen molar-refractivity contribution in [2.75, 3.05) is 0 Å². The van der Waals surface area contributed by atoms with Crippen LogP contribution < -0.4 is 0 Å². The van der Waals surface area contributed by atoms with E-state index in [1.54, 1.807) is 32.9 Å². The Labute approximate surface area is 115 Å². The van der Waals surface area contributed by atoms with Gasteiger partial charge >= 0.3 is 0 Å². The highest BCUT2D eigenvalue weighted by molar-refractivity contribution is 5.59. The highest BCUT2D eigenvalue weighted by Crippen LogP contribution is 2.24. The molecule has 1 heterocycles. The van der Waals surface area contributed by atoms with Crippen LogP contribution in [0.1, 0.15) is 29.1 Å². The predicted octanol–water partition coefficient (Wildman–Crippen LogP) is 4.62. The molecule has 19 heavy (non-hydrogen) atoms. The normalized spacial score (nSPS) is 13.9. The summed E-state index contributed by atoms with van der Waals surface area (Å²) in [7, 11) is 0. The minimum atomic E-state index is -1.56. The summed E-state index contributed by atoms with van der Waals surface area (Å²) in [5.74, 6) is -1.33. The van der Waals surface area contributed by atoms with E-state index in [1.807, 2.05) is 0 Å². The molecule has 0 saturated heterocycles. The molecule has 3 heteroatoms. The number of pyridine rings is 1. The Bertz CT molecular complexity index is 646. The van der Waals surface area contributed by atoms with Crippen LogP contribution in [0.3, 0.4) is 0 Å². The molecule has 0 N–H and O–H groups in total. The first-order valence-electron chi connectivity index (χ1n) is 7.05. The van der Waals surface area contributed by atoms with Crippen molar-refractivity contribution >= 4 is 0 Å². The van der Waals surface area contributed by atoms with Gasteiger partial charge in [-0.05, 0) is 35.6 Å². The summed E-state index contributed by atoms with van der Waals surface area (Å²) in [5.41, 5.74) is 0.388. The highest BCUT2D eigenvalue weighted by Gasteiger charge is 2.12. The zero-order valence-electron chi connectivity index (χ0n) is 13.2. The molecule has 0 saturated carbocycles. The number of rotatable bonds is 2. The van der Waals surface area contributed by atoms with Gasteiger partial charge in [0.1, 0.15) is 11.6 Å². The van der Waals surface area contributed by atoms with Crippen molar-refractivity contribution < 1.29 is 11.5 Å². The second-order valence-corrected chi connectivity index (χ2v) is 5.43. The van der Waals surface area contributed by atoms with Crippen molar-refractivity contribution in [1.82, 2.24) is 4.98 Å². The van der Waals surface area contributed by atoms with Crippen LogP contribution >= 0.6 is 0 Å². The van der Waals surface area contributed by atoms with Gasteiger partial charge in [-0.25, -0.2) is 8.78 Å². The fourth-order valence-corrected chi connectivity index (χ4v) is 1.76. The van der Waals surface area contributed by atoms with Gasteiger partial charge in [-0.2, -0.15) is 0 Å². The van der Waals surface area contributed by atoms with Crippen LogP contribution in [0, 0.1) is 17.0 Å². The van der Waals surface area contributed by atoms with Crippen molar-refractivity contribution in [3.05, 3.63) is 53.7 Å². The monoisotopic (exact) mass is 263 g/mol. The molecule has 1 nitrogen and oxygen atoms in total. The van der Waals surface area contributed by atoms with Crippen molar-refractivity contribution in [3.8, 4) is 11.3 Å². The number of halogens is 2. The number of benzene rings is 1. The molecular formula is C16H17F2N. The number of nitrogens with zero attached hydrogens (tertiary/aromatic N) is 1. The second-order valence-electron chi connectivity index (χ2n) is 5.43. The summed E-state index contributed by atoms with van der Waals surface area (Å²) in [6, 6.07) is 6.44. The lowest BCUT2D eigenvalue weighted by molar-refractivity contribution is 0.411. The molecule has 1 aromatic heterocycles. The smallest absolute Gasteiger partial charge is 0.135 e. The van der Waals surface area contributed by atoms with Crippen molar-refractivity contribution in [1.29, 1.82) is 0 Å². The first kappa shape index (κ1) is 11.1. The van der Waals surface area contributed by atoms with E-state index in [2.05, 4.69) is 4.98 Å². The molecule has 0 unspecified atom stereocenters. The Morgan fingerprint density at radius 3 is 2.42 bits per heavy atom. The molecule has 0 bridgehead atoms. The summed E-state index contributed by atoms with van der Waals surface area (Å²) in [6.45, 7) is 5.42. The molecule has 0 aliphatic rings. The maximum Gasteiger partial charge on any atom is 0.135 e. The van der Waals surface area contributed by atoms with Crippen molar-refractivity contribution in [3.63, 3.8) is 0 Å². The lowest BCUT2D eigenvalue weighted by Crippen LogP contribution is -2.09. The molecule has 0 aliphatic carbocycles. The zero-order chi connectivity index (χ0) is 15.8. The minimum Gasteiger partial charge on any atom is -0.256 e. The van der Waals surface area contributed by atoms with Crippen LogP contribution in [0.4, 0.5) is 8.78 Å². The largest absolute Gasteiger partial charge is 0.256 e. The molecular weight excluding hydrogens is 244 g/mol. The Morgan fingerprint density at radius 1 is 1.16 bits per heavy atom. The van der Waals surface area contributed by atoms with Gasteiger partial charge in [-0.3, -0.25) is 4.98 Å². The van der Waals surface area contributed by atoms with E-state index in [9.17, 15) is 8.78 Å². The van der Waals surface area contributed by atoms with Crippen LogP contribution in [-0.4, -0.2) is 4.98 Å². The maximum atomic E-state index is 13.7. The maximum absolute atomic E-state index is 13.7. The topological polar surface area (TPSA) is 12.9 Å². The fourth-order valence-electron chi connectivity index (χ4n) is 1.76. The van der Waals surface area contributed by atoms with Gasteiger partial charge in [0.25, 0.3) is 0 Å². The van der Waals surface area contributed by atoms with E-state index in [-0.39, 0.29) is 5.56 Å². The minimum absolute atomic E-state index is 0.194. The molecule has 0 fully saturated rings. The zero-order valence-corrected chi connectivity index (χ0v) is 11.2. The highest BCUT2D eigenvalue weighted by atomic mass is 19.1. The lowest BCUT2D eigenvalue weighted by Gasteiger charge is -2.17. The summed E-state index contributed by atoms with van der Waals surface area (Å²) in [5, 5.41) is 0. The van der Waals surface area contributed by atoms with Gasteiger partial charge in [-0.15, -0.1) is 0 Å². The van der Waals surface area contributed by atoms with Crippen LogP contribution in [0.5, 0.6) is 0 Å². The standard InChI is InChI=1S/C16H17F2N/c1-16(2,3)9-11-4-7-15(19-10-11)13-6-5-12(17)8-14(13)18/h4-8,10H,9H2,1-3H3/i9D2. The van der Waals surface area contributed by atoms with E-state index < -0.39 is 23.4 Å². The van der Waals surface area contributed by atoms with Crippen molar-refractivity contribution in [2.24, 2.45) is 5.41 Å². The van der Waals surface area contributed by atoms with E-state index >= 15 is 0 Å². The third-order valence-electron chi connectivity index (χ3n) is 2.49. The Hall–Kier alpha value is -1.77. The Kier molecular flexibility index (Phi) is 2.96. The summed E-state index contributed by atoms with van der Waals surface area (Å²) >= 11 is 0. The fraction of sp³-hybridized carbons (Fsp3) is 0.312. The summed E-state index contributed by atoms with van der Waals surface area (Å²) in [4.78, 5) is 4.12. The molecule has 0 aliphatic heterocycles. The molecule has 0 amide bonds. The van der Waals surface area contributed by atoms with Gasteiger partial charge in [0.05, 0.1) is 5.69 Å². The summed E-state index contributed by atoms with van der Waals surface area (Å²) < 4.78 is 42.9. The second kappa shape index (κ2) is 5.08. The predicted molar refractivity (Wildman–Crippen MR) is 72.7 cm³/mol. The molecule has 2 rings (SSSR count). The van der Waals surface area contributed by atoms with E-state index in [0.717, 1.165) is 6.07 Å². The van der Waals surface area contributed by atoms with Gasteiger partial charge < -0.3 is 0 Å². The van der Waals surface area contributed by atoms with Crippen LogP contribution in [0.2, 0.25) is 0 Å². The Balaban J connectivity index is 2.40. The molecule has 1 aromatic carbocycles. The molecule has 100 valence electrons. The first-order valence-corrected chi connectivity index (χ1v) is 6.05. The van der Waals surface area contributed by atoms with Gasteiger partial charge in [0.15, 0.2) is 0 Å². The van der Waals surface area contributed by atoms with Gasteiger partial charge in [0, 0.05) is 20.6 Å². The quantitative estimate of drug-likeness (QED) is 0.770. The lowest BCUT2D eigenvalue weighted by atomic mass is 9.89. The SMILES string of the molecule is [2H]C([2H])(c1ccc(-c2ccc(F)cc2F)nc1)C(C)(C)C. The van der Waals surface area contributed by atoms with E-state index in [0.29, 0.717) is 11.3 Å². The van der Waals surface area contributed by atoms with E-state index in [4.69, 9.17) is 2.74 Å². The van der Waals surface area contributed by atoms with Gasteiger partial charge in [0.2, 0.25) is 0 Å². The van der Waals surface area contributed by atoms with Crippen molar-refractivity contribution in [2.45, 2.75) is 27.1 Å². The first-order chi connectivity index (χ1) is 9.63. The van der Waals surface area contributed by atoms with E-state index in [1.165, 1.54) is 18.3 Å². The van der Waals surface area contributed by atoms with Gasteiger partial charge in [-0.1, -0.05) is 26.8 Å². The molecule has 0 radical (unpaired) electrons. The average molecular weight is 263 g/mol. The number of hydrogen-bond donors (Lipinski definition) is 0. The average Bonchev–Trinajstić information content (AvgIpc) is 2.37. The number of aromatic nitrogens is 1. The molecule has 0 atom stereocenters. The third kappa shape index (κ3) is 3.60.